The number of carbonyl (C=O) groups is 1. The summed E-state index contributed by atoms with van der Waals surface area (Å²) < 4.78 is 0. The Morgan fingerprint density at radius 1 is 1.14 bits per heavy atom. The Kier molecular flexibility index (Phi) is 9.71. The highest BCUT2D eigenvalue weighted by Gasteiger charge is 1.96. The fraction of sp³-hybridized carbons (Fsp3) is 0.750. The van der Waals surface area contributed by atoms with E-state index in [1.165, 1.54) is 32.1 Å². The summed E-state index contributed by atoms with van der Waals surface area (Å²) in [5.74, 6) is 0.164. The summed E-state index contributed by atoms with van der Waals surface area (Å²) in [4.78, 5) is 10.9. The average Bonchev–Trinajstić information content (AvgIpc) is 2.21. The van der Waals surface area contributed by atoms with Gasteiger partial charge in [0.1, 0.15) is 0 Å². The van der Waals surface area contributed by atoms with Crippen molar-refractivity contribution in [3.8, 4) is 0 Å². The summed E-state index contributed by atoms with van der Waals surface area (Å²) in [7, 11) is 1.69. The van der Waals surface area contributed by atoms with E-state index < -0.39 is 0 Å². The van der Waals surface area contributed by atoms with E-state index in [1.807, 2.05) is 6.08 Å². The Bertz CT molecular complexity index is 154. The highest BCUT2D eigenvalue weighted by molar-refractivity contribution is 5.75. The minimum absolute atomic E-state index is 0.164. The zero-order chi connectivity index (χ0) is 10.6. The van der Waals surface area contributed by atoms with Gasteiger partial charge in [0.25, 0.3) is 0 Å². The van der Waals surface area contributed by atoms with Crippen molar-refractivity contribution in [3.63, 3.8) is 0 Å². The topological polar surface area (TPSA) is 29.1 Å². The normalized spacial score (nSPS) is 9.79. The van der Waals surface area contributed by atoms with Crippen LogP contribution in [0, 0.1) is 0 Å². The molecule has 0 atom stereocenters. The predicted molar refractivity (Wildman–Crippen MR) is 61.2 cm³/mol. The Balaban J connectivity index is 2.98. The monoisotopic (exact) mass is 197 g/mol. The first-order valence-corrected chi connectivity index (χ1v) is 5.62. The molecule has 0 aromatic carbocycles. The third kappa shape index (κ3) is 9.30. The first kappa shape index (κ1) is 13.2. The van der Waals surface area contributed by atoms with Crippen molar-refractivity contribution < 1.29 is 4.79 Å². The van der Waals surface area contributed by atoms with Crippen LogP contribution in [0.2, 0.25) is 0 Å². The highest BCUT2D eigenvalue weighted by Crippen LogP contribution is 2.08. The average molecular weight is 197 g/mol. The number of rotatable bonds is 9. The van der Waals surface area contributed by atoms with Crippen molar-refractivity contribution >= 4 is 5.91 Å². The SMILES string of the molecule is C=CCCCCCCCCC(=O)NC. The molecular formula is C12H23NO. The van der Waals surface area contributed by atoms with E-state index in [0.29, 0.717) is 6.42 Å². The van der Waals surface area contributed by atoms with Crippen molar-refractivity contribution in [3.05, 3.63) is 12.7 Å². The zero-order valence-electron chi connectivity index (χ0n) is 9.35. The van der Waals surface area contributed by atoms with Crippen LogP contribution in [0.4, 0.5) is 0 Å². The summed E-state index contributed by atoms with van der Waals surface area (Å²) in [6, 6.07) is 0. The van der Waals surface area contributed by atoms with E-state index in [-0.39, 0.29) is 5.91 Å². The van der Waals surface area contributed by atoms with Gasteiger partial charge in [0.05, 0.1) is 0 Å². The van der Waals surface area contributed by atoms with E-state index in [2.05, 4.69) is 11.9 Å². The van der Waals surface area contributed by atoms with E-state index in [4.69, 9.17) is 0 Å². The second kappa shape index (κ2) is 10.3. The Labute approximate surface area is 87.8 Å². The van der Waals surface area contributed by atoms with Crippen molar-refractivity contribution in [1.29, 1.82) is 0 Å². The molecule has 0 aliphatic heterocycles. The molecule has 0 radical (unpaired) electrons. The van der Waals surface area contributed by atoms with Gasteiger partial charge in [-0.15, -0.1) is 6.58 Å². The van der Waals surface area contributed by atoms with Gasteiger partial charge in [0.2, 0.25) is 5.91 Å². The molecule has 2 nitrogen and oxygen atoms in total. The van der Waals surface area contributed by atoms with Crippen LogP contribution in [0.3, 0.4) is 0 Å². The van der Waals surface area contributed by atoms with Gasteiger partial charge in [-0.25, -0.2) is 0 Å². The number of hydrogen-bond acceptors (Lipinski definition) is 1. The minimum Gasteiger partial charge on any atom is -0.359 e. The highest BCUT2D eigenvalue weighted by atomic mass is 16.1. The van der Waals surface area contributed by atoms with Crippen molar-refractivity contribution in [1.82, 2.24) is 5.32 Å². The van der Waals surface area contributed by atoms with Crippen LogP contribution in [0.1, 0.15) is 51.4 Å². The van der Waals surface area contributed by atoms with Crippen LogP contribution < -0.4 is 5.32 Å². The van der Waals surface area contributed by atoms with Gasteiger partial charge in [-0.2, -0.15) is 0 Å². The van der Waals surface area contributed by atoms with Gasteiger partial charge >= 0.3 is 0 Å². The summed E-state index contributed by atoms with van der Waals surface area (Å²) in [5, 5.41) is 2.63. The molecule has 2 heteroatoms. The standard InChI is InChI=1S/C12H23NO/c1-3-4-5-6-7-8-9-10-11-12(14)13-2/h3H,1,4-11H2,2H3,(H,13,14). The van der Waals surface area contributed by atoms with Gasteiger partial charge in [-0.05, 0) is 19.3 Å². The Hall–Kier alpha value is -0.790. The molecule has 82 valence electrons. The molecule has 0 aliphatic rings. The molecule has 14 heavy (non-hydrogen) atoms. The van der Waals surface area contributed by atoms with Crippen LogP contribution in [-0.2, 0) is 4.79 Å². The quantitative estimate of drug-likeness (QED) is 0.447. The zero-order valence-corrected chi connectivity index (χ0v) is 9.35. The van der Waals surface area contributed by atoms with E-state index >= 15 is 0 Å². The number of nitrogens with one attached hydrogen (secondary N) is 1. The molecule has 0 aromatic rings. The molecule has 1 N–H and O–H groups in total. The number of allylic oxidation sites excluding steroid dienone is 1. The lowest BCUT2D eigenvalue weighted by atomic mass is 10.1. The Morgan fingerprint density at radius 3 is 2.29 bits per heavy atom. The molecule has 0 fully saturated rings. The van der Waals surface area contributed by atoms with Crippen molar-refractivity contribution in [2.45, 2.75) is 51.4 Å². The van der Waals surface area contributed by atoms with Gasteiger partial charge in [0.15, 0.2) is 0 Å². The van der Waals surface area contributed by atoms with E-state index in [1.54, 1.807) is 7.05 Å². The number of hydrogen-bond donors (Lipinski definition) is 1. The number of amides is 1. The summed E-state index contributed by atoms with van der Waals surface area (Å²) in [6.07, 6.45) is 11.1. The first-order valence-electron chi connectivity index (χ1n) is 5.62. The van der Waals surface area contributed by atoms with E-state index in [0.717, 1.165) is 12.8 Å². The Morgan fingerprint density at radius 2 is 1.71 bits per heavy atom. The second-order valence-electron chi connectivity index (χ2n) is 3.62. The predicted octanol–water partition coefficient (Wildman–Crippen LogP) is 3.04. The van der Waals surface area contributed by atoms with Crippen LogP contribution in [0.5, 0.6) is 0 Å². The molecule has 0 rings (SSSR count). The summed E-state index contributed by atoms with van der Waals surface area (Å²) in [5.41, 5.74) is 0. The lowest BCUT2D eigenvalue weighted by molar-refractivity contribution is -0.120. The molecule has 0 aromatic heterocycles. The third-order valence-electron chi connectivity index (χ3n) is 2.34. The smallest absolute Gasteiger partial charge is 0.219 e. The van der Waals surface area contributed by atoms with Crippen LogP contribution >= 0.6 is 0 Å². The van der Waals surface area contributed by atoms with Gasteiger partial charge < -0.3 is 5.32 Å². The van der Waals surface area contributed by atoms with Crippen molar-refractivity contribution in [2.75, 3.05) is 7.05 Å². The van der Waals surface area contributed by atoms with Crippen LogP contribution in [0.25, 0.3) is 0 Å². The molecule has 0 aliphatic carbocycles. The first-order chi connectivity index (χ1) is 6.81. The maximum Gasteiger partial charge on any atom is 0.219 e. The third-order valence-corrected chi connectivity index (χ3v) is 2.34. The molecule has 0 heterocycles. The molecular weight excluding hydrogens is 174 g/mol. The maximum absolute atomic E-state index is 10.9. The molecule has 0 unspecified atom stereocenters. The van der Waals surface area contributed by atoms with Gasteiger partial charge in [-0.1, -0.05) is 31.8 Å². The second-order valence-corrected chi connectivity index (χ2v) is 3.62. The number of unbranched alkanes of at least 4 members (excludes halogenated alkanes) is 6. The van der Waals surface area contributed by atoms with Crippen LogP contribution in [-0.4, -0.2) is 13.0 Å². The molecule has 0 bridgehead atoms. The fourth-order valence-corrected chi connectivity index (χ4v) is 1.41. The van der Waals surface area contributed by atoms with Crippen molar-refractivity contribution in [2.24, 2.45) is 0 Å². The largest absolute Gasteiger partial charge is 0.359 e. The van der Waals surface area contributed by atoms with Crippen LogP contribution in [0.15, 0.2) is 12.7 Å². The maximum atomic E-state index is 10.9. The van der Waals surface area contributed by atoms with Gasteiger partial charge in [0, 0.05) is 13.5 Å². The minimum atomic E-state index is 0.164. The fourth-order valence-electron chi connectivity index (χ4n) is 1.41. The summed E-state index contributed by atoms with van der Waals surface area (Å²) >= 11 is 0. The molecule has 0 saturated heterocycles. The molecule has 0 saturated carbocycles. The molecule has 0 spiro atoms. The molecule has 1 amide bonds. The van der Waals surface area contributed by atoms with E-state index in [9.17, 15) is 4.79 Å². The lowest BCUT2D eigenvalue weighted by Gasteiger charge is -2.00. The summed E-state index contributed by atoms with van der Waals surface area (Å²) in [6.45, 7) is 3.69. The number of carbonyl (C=O) groups excluding carboxylic acids is 1. The van der Waals surface area contributed by atoms with Gasteiger partial charge in [-0.3, -0.25) is 4.79 Å². The lowest BCUT2D eigenvalue weighted by Crippen LogP contribution is -2.16.